The van der Waals surface area contributed by atoms with Crippen LogP contribution in [-0.4, -0.2) is 95.1 Å². The van der Waals surface area contributed by atoms with Crippen LogP contribution in [0.4, 0.5) is 5.69 Å². The molecule has 0 saturated carbocycles. The SMILES string of the molecule is CC(C)(CC(C)(C)C(=O)NC(CCS(=O)(=O)O)C(=O)NC(CCC(=O)NC(CCCCNC(=O)c1ccc(N)cc1)C(N)=O)C(=O)O)C(=O)O. The predicted molar refractivity (Wildman–Crippen MR) is 180 cm³/mol. The first-order valence-corrected chi connectivity index (χ1v) is 17.3. The lowest BCUT2D eigenvalue weighted by Gasteiger charge is -2.32. The maximum atomic E-state index is 13.1. The van der Waals surface area contributed by atoms with Crippen LogP contribution in [0.1, 0.15) is 83.0 Å². The number of primary amides is 1. The summed E-state index contributed by atoms with van der Waals surface area (Å²) in [6.07, 6.45) is -0.874. The molecule has 19 heteroatoms. The predicted octanol–water partition coefficient (Wildman–Crippen LogP) is -0.222. The Morgan fingerprint density at radius 2 is 1.40 bits per heavy atom. The summed E-state index contributed by atoms with van der Waals surface area (Å²) in [5, 5.41) is 28.7. The normalized spacial score (nSPS) is 13.6. The number of anilines is 1. The van der Waals surface area contributed by atoms with Crippen molar-refractivity contribution in [3.8, 4) is 0 Å². The number of amides is 5. The van der Waals surface area contributed by atoms with Gasteiger partial charge in [-0.2, -0.15) is 8.42 Å². The van der Waals surface area contributed by atoms with Crippen molar-refractivity contribution in [1.82, 2.24) is 21.3 Å². The Kier molecular flexibility index (Phi) is 16.3. The van der Waals surface area contributed by atoms with E-state index in [0.29, 0.717) is 24.1 Å². The van der Waals surface area contributed by atoms with E-state index in [1.165, 1.54) is 27.7 Å². The van der Waals surface area contributed by atoms with Crippen LogP contribution in [0.5, 0.6) is 0 Å². The Morgan fingerprint density at radius 1 is 0.800 bits per heavy atom. The van der Waals surface area contributed by atoms with E-state index >= 15 is 0 Å². The second-order valence-corrected chi connectivity index (χ2v) is 14.8. The molecule has 1 aromatic rings. The Hall–Kier alpha value is -4.78. The molecule has 0 radical (unpaired) electrons. The summed E-state index contributed by atoms with van der Waals surface area (Å²) in [6, 6.07) is 1.83. The smallest absolute Gasteiger partial charge is 0.326 e. The molecule has 1 rings (SSSR count). The summed E-state index contributed by atoms with van der Waals surface area (Å²) in [5.41, 5.74) is 9.20. The van der Waals surface area contributed by atoms with Crippen molar-refractivity contribution in [2.45, 2.75) is 90.8 Å². The second-order valence-electron chi connectivity index (χ2n) is 13.2. The molecule has 5 amide bonds. The van der Waals surface area contributed by atoms with Crippen LogP contribution in [0.15, 0.2) is 24.3 Å². The number of carbonyl (C=O) groups excluding carboxylic acids is 5. The van der Waals surface area contributed by atoms with Gasteiger partial charge in [-0.3, -0.25) is 33.3 Å². The fourth-order valence-corrected chi connectivity index (χ4v) is 5.45. The van der Waals surface area contributed by atoms with E-state index in [0.717, 1.165) is 0 Å². The van der Waals surface area contributed by atoms with Crippen molar-refractivity contribution < 1.29 is 56.7 Å². The average molecular weight is 729 g/mol. The number of nitrogen functional groups attached to an aromatic ring is 1. The van der Waals surface area contributed by atoms with Gasteiger partial charge in [0.2, 0.25) is 23.6 Å². The molecule has 0 aromatic heterocycles. The Bertz CT molecular complexity index is 1510. The number of nitrogens with two attached hydrogens (primary N) is 2. The van der Waals surface area contributed by atoms with Crippen LogP contribution in [0.25, 0.3) is 0 Å². The van der Waals surface area contributed by atoms with Crippen molar-refractivity contribution in [3.05, 3.63) is 29.8 Å². The molecule has 3 unspecified atom stereocenters. The van der Waals surface area contributed by atoms with Gasteiger partial charge in [-0.25, -0.2) is 4.79 Å². The van der Waals surface area contributed by atoms with Gasteiger partial charge >= 0.3 is 11.9 Å². The Balaban J connectivity index is 2.80. The molecule has 18 nitrogen and oxygen atoms in total. The van der Waals surface area contributed by atoms with Gasteiger partial charge in [-0.1, -0.05) is 13.8 Å². The third kappa shape index (κ3) is 15.6. The summed E-state index contributed by atoms with van der Waals surface area (Å²) in [7, 11) is -4.61. The number of hydrogen-bond acceptors (Lipinski definition) is 10. The summed E-state index contributed by atoms with van der Waals surface area (Å²) < 4.78 is 32.0. The number of aliphatic carboxylic acids is 2. The van der Waals surface area contributed by atoms with Crippen molar-refractivity contribution in [2.75, 3.05) is 18.0 Å². The first-order valence-electron chi connectivity index (χ1n) is 15.7. The zero-order valence-electron chi connectivity index (χ0n) is 28.5. The number of carbonyl (C=O) groups is 7. The lowest BCUT2D eigenvalue weighted by molar-refractivity contribution is -0.150. The van der Waals surface area contributed by atoms with Gasteiger partial charge in [0.15, 0.2) is 0 Å². The molecule has 0 aliphatic rings. The van der Waals surface area contributed by atoms with Crippen molar-refractivity contribution in [3.63, 3.8) is 0 Å². The van der Waals surface area contributed by atoms with Crippen molar-refractivity contribution in [1.29, 1.82) is 0 Å². The molecule has 0 spiro atoms. The van der Waals surface area contributed by atoms with E-state index in [2.05, 4.69) is 21.3 Å². The van der Waals surface area contributed by atoms with Crippen LogP contribution in [0.2, 0.25) is 0 Å². The molecule has 0 fully saturated rings. The maximum Gasteiger partial charge on any atom is 0.326 e. The minimum Gasteiger partial charge on any atom is -0.481 e. The maximum absolute atomic E-state index is 13.1. The van der Waals surface area contributed by atoms with Crippen LogP contribution < -0.4 is 32.7 Å². The minimum atomic E-state index is -4.61. The standard InChI is InChI=1S/C31H48N6O12S/c1-30(2,17-31(3,4)29(45)46)28(44)37-21(14-16-50(47,48)49)26(41)36-22(27(42)43)12-13-23(38)35-20(24(33)39)7-5-6-15-34-25(40)18-8-10-19(32)11-9-18/h8-11,20-22H,5-7,12-17,32H2,1-4H3,(H2,33,39)(H,34,40)(H,35,38)(H,36,41)(H,37,44)(H,42,43)(H,45,46)(H,47,48,49). The van der Waals surface area contributed by atoms with Crippen LogP contribution in [0.3, 0.4) is 0 Å². The molecular formula is C31H48N6O12S. The van der Waals surface area contributed by atoms with Gasteiger partial charge in [0.1, 0.15) is 18.1 Å². The van der Waals surface area contributed by atoms with Gasteiger partial charge in [0.25, 0.3) is 16.0 Å². The van der Waals surface area contributed by atoms with E-state index in [-0.39, 0.29) is 25.3 Å². The fourth-order valence-electron chi connectivity index (χ4n) is 4.92. The summed E-state index contributed by atoms with van der Waals surface area (Å²) in [6.45, 7) is 5.86. The summed E-state index contributed by atoms with van der Waals surface area (Å²) >= 11 is 0. The number of carboxylic acid groups (broad SMARTS) is 2. The van der Waals surface area contributed by atoms with Gasteiger partial charge < -0.3 is 42.9 Å². The molecule has 0 bridgehead atoms. The van der Waals surface area contributed by atoms with Gasteiger partial charge in [0, 0.05) is 29.6 Å². The third-order valence-electron chi connectivity index (χ3n) is 7.70. The highest BCUT2D eigenvalue weighted by molar-refractivity contribution is 7.85. The first-order chi connectivity index (χ1) is 22.9. The number of unbranched alkanes of at least 4 members (excludes halogenated alkanes) is 1. The molecule has 1 aromatic carbocycles. The molecule has 280 valence electrons. The number of carboxylic acids is 2. The highest BCUT2D eigenvalue weighted by atomic mass is 32.2. The van der Waals surface area contributed by atoms with Gasteiger partial charge in [-0.15, -0.1) is 0 Å². The van der Waals surface area contributed by atoms with E-state index in [1.807, 2.05) is 0 Å². The fraction of sp³-hybridized carbons (Fsp3) is 0.581. The van der Waals surface area contributed by atoms with Gasteiger partial charge in [-0.05, 0) is 76.6 Å². The number of rotatable bonds is 22. The van der Waals surface area contributed by atoms with E-state index in [4.69, 9.17) is 11.5 Å². The Labute approximate surface area is 290 Å². The molecule has 50 heavy (non-hydrogen) atoms. The monoisotopic (exact) mass is 728 g/mol. The van der Waals surface area contributed by atoms with Crippen molar-refractivity contribution in [2.24, 2.45) is 16.6 Å². The zero-order chi connectivity index (χ0) is 38.4. The summed E-state index contributed by atoms with van der Waals surface area (Å²) in [4.78, 5) is 86.4. The molecule has 11 N–H and O–H groups in total. The average Bonchev–Trinajstić information content (AvgIpc) is 2.99. The van der Waals surface area contributed by atoms with E-state index in [1.54, 1.807) is 24.3 Å². The molecule has 3 atom stereocenters. The number of nitrogens with one attached hydrogen (secondary N) is 4. The third-order valence-corrected chi connectivity index (χ3v) is 8.45. The molecule has 0 saturated heterocycles. The Morgan fingerprint density at radius 3 is 1.92 bits per heavy atom. The highest BCUT2D eigenvalue weighted by Gasteiger charge is 2.40. The lowest BCUT2D eigenvalue weighted by Crippen LogP contribution is -2.55. The highest BCUT2D eigenvalue weighted by Crippen LogP contribution is 2.34. The zero-order valence-corrected chi connectivity index (χ0v) is 29.3. The number of benzene rings is 1. The molecule has 0 aliphatic heterocycles. The minimum absolute atomic E-state index is 0.118. The van der Waals surface area contributed by atoms with E-state index in [9.17, 15) is 56.7 Å². The quantitative estimate of drug-likeness (QED) is 0.0424. The molecule has 0 aliphatic carbocycles. The van der Waals surface area contributed by atoms with Crippen molar-refractivity contribution >= 4 is 57.3 Å². The van der Waals surface area contributed by atoms with Crippen LogP contribution in [-0.2, 0) is 38.9 Å². The van der Waals surface area contributed by atoms with E-state index < -0.39 is 99.7 Å². The molecular weight excluding hydrogens is 680 g/mol. The van der Waals surface area contributed by atoms with Crippen LogP contribution >= 0.6 is 0 Å². The topological polar surface area (TPSA) is 314 Å². The number of hydrogen-bond donors (Lipinski definition) is 9. The second kappa shape index (κ2) is 18.8. The summed E-state index contributed by atoms with van der Waals surface area (Å²) in [5.74, 6) is -7.63. The van der Waals surface area contributed by atoms with Gasteiger partial charge in [0.05, 0.1) is 11.2 Å². The van der Waals surface area contributed by atoms with Crippen LogP contribution in [0, 0.1) is 10.8 Å². The first kappa shape index (κ1) is 43.2. The lowest BCUT2D eigenvalue weighted by atomic mass is 9.74. The molecule has 0 heterocycles. The largest absolute Gasteiger partial charge is 0.481 e.